The third-order valence-corrected chi connectivity index (χ3v) is 4.83. The van der Waals surface area contributed by atoms with E-state index in [-0.39, 0.29) is 18.6 Å². The van der Waals surface area contributed by atoms with E-state index in [1.54, 1.807) is 0 Å². The van der Waals surface area contributed by atoms with Crippen LogP contribution in [0.1, 0.15) is 22.7 Å². The summed E-state index contributed by atoms with van der Waals surface area (Å²) in [4.78, 5) is 2.16. The SMILES string of the molecule is Cc1c(CN2C[C@H](c3ccccc3)[C@@H](O)[C@H]2CO)cnn1C. The van der Waals surface area contributed by atoms with Crippen molar-refractivity contribution in [3.8, 4) is 0 Å². The highest BCUT2D eigenvalue weighted by molar-refractivity contribution is 5.25. The van der Waals surface area contributed by atoms with Crippen LogP contribution in [0.2, 0.25) is 0 Å². The summed E-state index contributed by atoms with van der Waals surface area (Å²) in [6, 6.07) is 9.81. The quantitative estimate of drug-likeness (QED) is 0.886. The Balaban J connectivity index is 1.81. The molecule has 0 spiro atoms. The first kappa shape index (κ1) is 15.2. The van der Waals surface area contributed by atoms with Crippen LogP contribution in [0, 0.1) is 6.92 Å². The molecular formula is C17H23N3O2. The second-order valence-corrected chi connectivity index (χ2v) is 6.07. The maximum atomic E-state index is 10.6. The fraction of sp³-hybridized carbons (Fsp3) is 0.471. The predicted molar refractivity (Wildman–Crippen MR) is 84.4 cm³/mol. The first-order valence-corrected chi connectivity index (χ1v) is 7.67. The molecule has 1 saturated heterocycles. The molecule has 0 aliphatic carbocycles. The zero-order valence-electron chi connectivity index (χ0n) is 13.1. The van der Waals surface area contributed by atoms with Crippen LogP contribution in [-0.4, -0.2) is 50.2 Å². The van der Waals surface area contributed by atoms with Crippen molar-refractivity contribution in [2.75, 3.05) is 13.2 Å². The number of hydrogen-bond donors (Lipinski definition) is 2. The van der Waals surface area contributed by atoms with Crippen LogP contribution in [0.3, 0.4) is 0 Å². The summed E-state index contributed by atoms with van der Waals surface area (Å²) in [6.07, 6.45) is 1.32. The number of aliphatic hydroxyl groups excluding tert-OH is 2. The Morgan fingerprint density at radius 2 is 2.00 bits per heavy atom. The lowest BCUT2D eigenvalue weighted by Gasteiger charge is -2.23. The highest BCUT2D eigenvalue weighted by atomic mass is 16.3. The van der Waals surface area contributed by atoms with Crippen LogP contribution in [-0.2, 0) is 13.6 Å². The maximum absolute atomic E-state index is 10.6. The minimum atomic E-state index is -0.552. The number of likely N-dealkylation sites (tertiary alicyclic amines) is 1. The van der Waals surface area contributed by atoms with Crippen molar-refractivity contribution in [3.63, 3.8) is 0 Å². The smallest absolute Gasteiger partial charge is 0.0798 e. The third-order valence-electron chi connectivity index (χ3n) is 4.83. The molecule has 5 nitrogen and oxygen atoms in total. The van der Waals surface area contributed by atoms with E-state index < -0.39 is 6.10 Å². The van der Waals surface area contributed by atoms with Crippen molar-refractivity contribution in [2.24, 2.45) is 7.05 Å². The summed E-state index contributed by atoms with van der Waals surface area (Å²) in [7, 11) is 1.92. The summed E-state index contributed by atoms with van der Waals surface area (Å²) < 4.78 is 1.85. The van der Waals surface area contributed by atoms with Gasteiger partial charge in [-0.2, -0.15) is 5.10 Å². The second-order valence-electron chi connectivity index (χ2n) is 6.07. The molecule has 1 aliphatic rings. The number of nitrogens with zero attached hydrogens (tertiary/aromatic N) is 3. The predicted octanol–water partition coefficient (Wildman–Crippen LogP) is 1.05. The molecule has 1 aliphatic heterocycles. The minimum absolute atomic E-state index is 0.0373. The van der Waals surface area contributed by atoms with Crippen LogP contribution < -0.4 is 0 Å². The van der Waals surface area contributed by atoms with E-state index in [4.69, 9.17) is 0 Å². The van der Waals surface area contributed by atoms with Gasteiger partial charge in [-0.25, -0.2) is 0 Å². The average Bonchev–Trinajstić information content (AvgIpc) is 3.02. The number of aliphatic hydroxyl groups is 2. The molecule has 2 aromatic rings. The van der Waals surface area contributed by atoms with Crippen molar-refractivity contribution in [3.05, 3.63) is 53.3 Å². The van der Waals surface area contributed by atoms with Crippen LogP contribution in [0.4, 0.5) is 0 Å². The molecular weight excluding hydrogens is 278 g/mol. The minimum Gasteiger partial charge on any atom is -0.395 e. The van der Waals surface area contributed by atoms with E-state index >= 15 is 0 Å². The molecule has 1 fully saturated rings. The van der Waals surface area contributed by atoms with Crippen LogP contribution >= 0.6 is 0 Å². The maximum Gasteiger partial charge on any atom is 0.0798 e. The van der Waals surface area contributed by atoms with Gasteiger partial charge < -0.3 is 10.2 Å². The Morgan fingerprint density at radius 3 is 2.59 bits per heavy atom. The van der Waals surface area contributed by atoms with Gasteiger partial charge in [-0.3, -0.25) is 9.58 Å². The number of hydrogen-bond acceptors (Lipinski definition) is 4. The van der Waals surface area contributed by atoms with E-state index in [1.807, 2.05) is 55.2 Å². The van der Waals surface area contributed by atoms with Crippen LogP contribution in [0.15, 0.2) is 36.5 Å². The van der Waals surface area contributed by atoms with Gasteiger partial charge in [0.1, 0.15) is 0 Å². The van der Waals surface area contributed by atoms with Crippen molar-refractivity contribution in [2.45, 2.75) is 31.5 Å². The molecule has 22 heavy (non-hydrogen) atoms. The number of aromatic nitrogens is 2. The van der Waals surface area contributed by atoms with Gasteiger partial charge in [-0.1, -0.05) is 30.3 Å². The summed E-state index contributed by atoms with van der Waals surface area (Å²) in [5.74, 6) is 0.0373. The van der Waals surface area contributed by atoms with Crippen LogP contribution in [0.25, 0.3) is 0 Å². The van der Waals surface area contributed by atoms with E-state index in [9.17, 15) is 10.2 Å². The summed E-state index contributed by atoms with van der Waals surface area (Å²) in [6.45, 7) is 3.44. The van der Waals surface area contributed by atoms with E-state index in [0.29, 0.717) is 6.54 Å². The van der Waals surface area contributed by atoms with Crippen molar-refractivity contribution >= 4 is 0 Å². The fourth-order valence-electron chi connectivity index (χ4n) is 3.31. The third kappa shape index (κ3) is 2.67. The van der Waals surface area contributed by atoms with Gasteiger partial charge in [0.25, 0.3) is 0 Å². The Kier molecular flexibility index (Phi) is 4.29. The summed E-state index contributed by atoms with van der Waals surface area (Å²) in [5.41, 5.74) is 3.38. The lowest BCUT2D eigenvalue weighted by molar-refractivity contribution is 0.0640. The monoisotopic (exact) mass is 301 g/mol. The molecule has 118 valence electrons. The zero-order valence-corrected chi connectivity index (χ0v) is 13.1. The molecule has 5 heteroatoms. The van der Waals surface area contributed by atoms with Crippen molar-refractivity contribution in [1.29, 1.82) is 0 Å². The molecule has 0 amide bonds. The molecule has 0 bridgehead atoms. The lowest BCUT2D eigenvalue weighted by atomic mass is 9.94. The molecule has 2 N–H and O–H groups in total. The topological polar surface area (TPSA) is 61.5 Å². The van der Waals surface area contributed by atoms with Gasteiger partial charge >= 0.3 is 0 Å². The zero-order chi connectivity index (χ0) is 15.7. The molecule has 3 rings (SSSR count). The molecule has 2 heterocycles. The van der Waals surface area contributed by atoms with Crippen molar-refractivity contribution in [1.82, 2.24) is 14.7 Å². The highest BCUT2D eigenvalue weighted by Crippen LogP contribution is 2.33. The van der Waals surface area contributed by atoms with E-state index in [1.165, 1.54) is 0 Å². The number of rotatable bonds is 4. The Labute approximate surface area is 130 Å². The van der Waals surface area contributed by atoms with Gasteiger partial charge in [0.15, 0.2) is 0 Å². The first-order chi connectivity index (χ1) is 10.6. The Hall–Kier alpha value is -1.69. The average molecular weight is 301 g/mol. The van der Waals surface area contributed by atoms with Gasteiger partial charge in [0, 0.05) is 37.3 Å². The first-order valence-electron chi connectivity index (χ1n) is 7.67. The molecule has 0 radical (unpaired) electrons. The standard InChI is InChI=1S/C17H23N3O2/c1-12-14(8-18-19(12)2)9-20-10-15(17(22)16(20)11-21)13-6-4-3-5-7-13/h3-8,15-17,21-22H,9-11H2,1-2H3/t15-,16-,17-/m1/s1. The van der Waals surface area contributed by atoms with Gasteiger partial charge in [0.05, 0.1) is 24.9 Å². The number of aryl methyl sites for hydroxylation is 1. The molecule has 3 atom stereocenters. The van der Waals surface area contributed by atoms with Crippen LogP contribution in [0.5, 0.6) is 0 Å². The lowest BCUT2D eigenvalue weighted by Crippen LogP contribution is -2.38. The molecule has 1 aromatic heterocycles. The van der Waals surface area contributed by atoms with Crippen molar-refractivity contribution < 1.29 is 10.2 Å². The summed E-state index contributed by atoms with van der Waals surface area (Å²) >= 11 is 0. The summed E-state index contributed by atoms with van der Waals surface area (Å²) in [5, 5.41) is 24.6. The Bertz CT molecular complexity index is 626. The van der Waals surface area contributed by atoms with E-state index in [2.05, 4.69) is 10.00 Å². The highest BCUT2D eigenvalue weighted by Gasteiger charge is 2.41. The Morgan fingerprint density at radius 1 is 1.27 bits per heavy atom. The normalized spacial score (nSPS) is 25.7. The second kappa shape index (κ2) is 6.20. The van der Waals surface area contributed by atoms with Gasteiger partial charge in [-0.15, -0.1) is 0 Å². The largest absolute Gasteiger partial charge is 0.395 e. The van der Waals surface area contributed by atoms with Gasteiger partial charge in [-0.05, 0) is 12.5 Å². The van der Waals surface area contributed by atoms with Gasteiger partial charge in [0.2, 0.25) is 0 Å². The molecule has 0 saturated carbocycles. The fourth-order valence-corrected chi connectivity index (χ4v) is 3.31. The number of benzene rings is 1. The molecule has 0 unspecified atom stereocenters. The van der Waals surface area contributed by atoms with E-state index in [0.717, 1.165) is 23.4 Å². The molecule has 1 aromatic carbocycles.